The maximum absolute atomic E-state index is 12.1. The Kier molecular flexibility index (Phi) is 5.88. The van der Waals surface area contributed by atoms with Gasteiger partial charge in [0.15, 0.2) is 0 Å². The fraction of sp³-hybridized carbons (Fsp3) is 0.400. The average Bonchev–Trinajstić information content (AvgIpc) is 2.64. The summed E-state index contributed by atoms with van der Waals surface area (Å²) in [6.45, 7) is 2.71. The first-order valence-electron chi connectivity index (χ1n) is 8.94. The molecule has 1 heterocycles. The molecular weight excluding hydrogens is 314 g/mol. The number of aryl methyl sites for hydroxylation is 1. The van der Waals surface area contributed by atoms with Gasteiger partial charge in [-0.05, 0) is 61.6 Å². The number of ether oxygens (including phenoxy) is 1. The lowest BCUT2D eigenvalue weighted by Gasteiger charge is -2.22. The van der Waals surface area contributed by atoms with E-state index in [0.717, 1.165) is 29.3 Å². The number of aromatic nitrogens is 1. The van der Waals surface area contributed by atoms with Gasteiger partial charge in [-0.2, -0.15) is 0 Å². The quantitative estimate of drug-likeness (QED) is 0.815. The number of carbonyl (C=O) groups excluding carboxylic acids is 1. The Balaban J connectivity index is 1.52. The Bertz CT molecular complexity index is 697. The number of hydrogen-bond donors (Lipinski definition) is 2. The molecule has 132 valence electrons. The third kappa shape index (κ3) is 5.21. The Morgan fingerprint density at radius 3 is 2.60 bits per heavy atom. The van der Waals surface area contributed by atoms with Crippen molar-refractivity contribution in [2.24, 2.45) is 5.92 Å². The van der Waals surface area contributed by atoms with Gasteiger partial charge in [0.25, 0.3) is 0 Å². The molecule has 0 saturated heterocycles. The minimum Gasteiger partial charge on any atom is -0.457 e. The number of pyridine rings is 1. The zero-order valence-electron chi connectivity index (χ0n) is 14.6. The highest BCUT2D eigenvalue weighted by molar-refractivity contribution is 5.90. The van der Waals surface area contributed by atoms with Gasteiger partial charge in [0.05, 0.1) is 0 Å². The molecule has 1 aromatic carbocycles. The van der Waals surface area contributed by atoms with Crippen LogP contribution in [-0.2, 0) is 0 Å². The van der Waals surface area contributed by atoms with E-state index >= 15 is 0 Å². The van der Waals surface area contributed by atoms with E-state index in [1.54, 1.807) is 24.5 Å². The summed E-state index contributed by atoms with van der Waals surface area (Å²) >= 11 is 0. The fourth-order valence-electron chi connectivity index (χ4n) is 3.18. The van der Waals surface area contributed by atoms with Gasteiger partial charge in [0.2, 0.25) is 0 Å². The molecular formula is C20H25N3O2. The number of nitrogens with zero attached hydrogens (tertiary/aromatic N) is 1. The van der Waals surface area contributed by atoms with Crippen LogP contribution in [-0.4, -0.2) is 17.6 Å². The van der Waals surface area contributed by atoms with Gasteiger partial charge < -0.3 is 15.4 Å². The summed E-state index contributed by atoms with van der Waals surface area (Å²) in [5.41, 5.74) is 1.75. The lowest BCUT2D eigenvalue weighted by atomic mass is 9.89. The maximum Gasteiger partial charge on any atom is 0.319 e. The van der Waals surface area contributed by atoms with Crippen molar-refractivity contribution in [1.29, 1.82) is 0 Å². The standard InChI is InChI=1S/C20H25N3O2/c1-15-13-18(25-17-9-11-21-12-10-17)7-8-19(15)23-20(24)22-14-16-5-3-2-4-6-16/h7-13,16H,2-6,14H2,1H3,(H2,22,23,24). The highest BCUT2D eigenvalue weighted by Crippen LogP contribution is 2.26. The summed E-state index contributed by atoms with van der Waals surface area (Å²) in [4.78, 5) is 16.1. The summed E-state index contributed by atoms with van der Waals surface area (Å²) < 4.78 is 5.78. The summed E-state index contributed by atoms with van der Waals surface area (Å²) in [7, 11) is 0. The van der Waals surface area contributed by atoms with Crippen LogP contribution in [0, 0.1) is 12.8 Å². The zero-order valence-corrected chi connectivity index (χ0v) is 14.6. The largest absolute Gasteiger partial charge is 0.457 e. The van der Waals surface area contributed by atoms with Crippen LogP contribution in [0.2, 0.25) is 0 Å². The van der Waals surface area contributed by atoms with Gasteiger partial charge in [-0.3, -0.25) is 4.98 Å². The van der Waals surface area contributed by atoms with E-state index in [4.69, 9.17) is 4.74 Å². The van der Waals surface area contributed by atoms with Crippen molar-refractivity contribution >= 4 is 11.7 Å². The van der Waals surface area contributed by atoms with Crippen molar-refractivity contribution in [3.8, 4) is 11.5 Å². The van der Waals surface area contributed by atoms with Crippen molar-refractivity contribution in [3.63, 3.8) is 0 Å². The predicted octanol–water partition coefficient (Wildman–Crippen LogP) is 4.88. The normalized spacial score (nSPS) is 14.8. The van der Waals surface area contributed by atoms with Crippen molar-refractivity contribution < 1.29 is 9.53 Å². The second-order valence-electron chi connectivity index (χ2n) is 6.60. The highest BCUT2D eigenvalue weighted by Gasteiger charge is 2.14. The molecule has 1 aromatic heterocycles. The summed E-state index contributed by atoms with van der Waals surface area (Å²) in [5, 5.41) is 5.92. The van der Waals surface area contributed by atoms with Gasteiger partial charge in [0.1, 0.15) is 11.5 Å². The summed E-state index contributed by atoms with van der Waals surface area (Å²) in [6.07, 6.45) is 9.72. The zero-order chi connectivity index (χ0) is 17.5. The van der Waals surface area contributed by atoms with Crippen LogP contribution in [0.3, 0.4) is 0 Å². The second kappa shape index (κ2) is 8.51. The van der Waals surface area contributed by atoms with Crippen molar-refractivity contribution in [3.05, 3.63) is 48.3 Å². The Morgan fingerprint density at radius 1 is 1.12 bits per heavy atom. The number of anilines is 1. The minimum atomic E-state index is -0.142. The van der Waals surface area contributed by atoms with Crippen molar-refractivity contribution in [1.82, 2.24) is 10.3 Å². The lowest BCUT2D eigenvalue weighted by Crippen LogP contribution is -2.33. The van der Waals surface area contributed by atoms with E-state index < -0.39 is 0 Å². The fourth-order valence-corrected chi connectivity index (χ4v) is 3.18. The molecule has 0 aliphatic heterocycles. The first-order chi connectivity index (χ1) is 12.2. The molecule has 1 aliphatic carbocycles. The Morgan fingerprint density at radius 2 is 1.88 bits per heavy atom. The first-order valence-corrected chi connectivity index (χ1v) is 8.94. The number of urea groups is 1. The third-order valence-corrected chi connectivity index (χ3v) is 4.61. The monoisotopic (exact) mass is 339 g/mol. The molecule has 3 rings (SSSR count). The molecule has 1 aliphatic rings. The molecule has 5 heteroatoms. The molecule has 0 unspecified atom stereocenters. The Labute approximate surface area is 148 Å². The molecule has 2 aromatic rings. The minimum absolute atomic E-state index is 0.142. The highest BCUT2D eigenvalue weighted by atomic mass is 16.5. The topological polar surface area (TPSA) is 63.2 Å². The second-order valence-corrected chi connectivity index (χ2v) is 6.60. The van der Waals surface area contributed by atoms with Crippen LogP contribution in [0.4, 0.5) is 10.5 Å². The van der Waals surface area contributed by atoms with Crippen LogP contribution in [0.25, 0.3) is 0 Å². The predicted molar refractivity (Wildman–Crippen MR) is 99.1 cm³/mol. The molecule has 0 spiro atoms. The third-order valence-electron chi connectivity index (χ3n) is 4.61. The molecule has 25 heavy (non-hydrogen) atoms. The van der Waals surface area contributed by atoms with Gasteiger partial charge in [0, 0.05) is 24.6 Å². The van der Waals surface area contributed by atoms with Gasteiger partial charge in [-0.15, -0.1) is 0 Å². The molecule has 0 radical (unpaired) electrons. The lowest BCUT2D eigenvalue weighted by molar-refractivity contribution is 0.247. The SMILES string of the molecule is Cc1cc(Oc2ccncc2)ccc1NC(=O)NCC1CCCCC1. The molecule has 1 saturated carbocycles. The van der Waals surface area contributed by atoms with Crippen LogP contribution in [0.15, 0.2) is 42.7 Å². The number of amides is 2. The van der Waals surface area contributed by atoms with Crippen LogP contribution in [0.1, 0.15) is 37.7 Å². The van der Waals surface area contributed by atoms with Crippen LogP contribution < -0.4 is 15.4 Å². The molecule has 0 atom stereocenters. The molecule has 5 nitrogen and oxygen atoms in total. The van der Waals surface area contributed by atoms with E-state index in [1.165, 1.54) is 32.1 Å². The molecule has 2 amide bonds. The molecule has 1 fully saturated rings. The first kappa shape index (κ1) is 17.3. The Hall–Kier alpha value is -2.56. The number of benzene rings is 1. The van der Waals surface area contributed by atoms with E-state index in [2.05, 4.69) is 15.6 Å². The van der Waals surface area contributed by atoms with Crippen LogP contribution >= 0.6 is 0 Å². The van der Waals surface area contributed by atoms with E-state index in [1.807, 2.05) is 25.1 Å². The summed E-state index contributed by atoms with van der Waals surface area (Å²) in [6, 6.07) is 9.10. The number of hydrogen-bond acceptors (Lipinski definition) is 3. The summed E-state index contributed by atoms with van der Waals surface area (Å²) in [5.74, 6) is 2.09. The number of rotatable bonds is 5. The smallest absolute Gasteiger partial charge is 0.319 e. The molecule has 0 bridgehead atoms. The van der Waals surface area contributed by atoms with Crippen molar-refractivity contribution in [2.45, 2.75) is 39.0 Å². The van der Waals surface area contributed by atoms with Crippen molar-refractivity contribution in [2.75, 3.05) is 11.9 Å². The number of carbonyl (C=O) groups is 1. The van der Waals surface area contributed by atoms with E-state index in [-0.39, 0.29) is 6.03 Å². The maximum atomic E-state index is 12.1. The average molecular weight is 339 g/mol. The van der Waals surface area contributed by atoms with Gasteiger partial charge in [-0.1, -0.05) is 19.3 Å². The van der Waals surface area contributed by atoms with Gasteiger partial charge >= 0.3 is 6.03 Å². The number of nitrogens with one attached hydrogen (secondary N) is 2. The van der Waals surface area contributed by atoms with E-state index in [0.29, 0.717) is 5.92 Å². The molecule has 2 N–H and O–H groups in total. The van der Waals surface area contributed by atoms with E-state index in [9.17, 15) is 4.79 Å². The van der Waals surface area contributed by atoms with Crippen LogP contribution in [0.5, 0.6) is 11.5 Å². The van der Waals surface area contributed by atoms with Gasteiger partial charge in [-0.25, -0.2) is 4.79 Å².